The zero-order chi connectivity index (χ0) is 13.1. The number of nitrogens with one attached hydrogen (secondary N) is 1. The molecule has 0 fully saturated rings. The summed E-state index contributed by atoms with van der Waals surface area (Å²) in [6.45, 7) is 4.94. The van der Waals surface area contributed by atoms with Gasteiger partial charge in [0.1, 0.15) is 5.69 Å². The van der Waals surface area contributed by atoms with Crippen molar-refractivity contribution in [1.82, 2.24) is 9.88 Å². The number of aromatic nitrogens is 1. The number of carbonyl (C=O) groups is 1. The highest BCUT2D eigenvalue weighted by atomic mass is 16.2. The highest BCUT2D eigenvalue weighted by molar-refractivity contribution is 6.00. The largest absolute Gasteiger partial charge is 0.350 e. The lowest BCUT2D eigenvalue weighted by Crippen LogP contribution is -2.28. The molecule has 3 nitrogen and oxygen atoms in total. The van der Waals surface area contributed by atoms with Gasteiger partial charge in [0.25, 0.3) is 5.91 Å². The fraction of sp³-hybridized carbons (Fsp3) is 0.400. The maximum absolute atomic E-state index is 12.3. The van der Waals surface area contributed by atoms with Gasteiger partial charge in [-0.25, -0.2) is 0 Å². The van der Waals surface area contributed by atoms with Crippen LogP contribution < -0.4 is 0 Å². The van der Waals surface area contributed by atoms with Gasteiger partial charge >= 0.3 is 0 Å². The number of hydrogen-bond donors (Lipinski definition) is 1. The van der Waals surface area contributed by atoms with Crippen LogP contribution in [0, 0.1) is 6.92 Å². The molecule has 0 saturated carbocycles. The zero-order valence-electron chi connectivity index (χ0n) is 11.3. The van der Waals surface area contributed by atoms with Crippen molar-refractivity contribution in [2.75, 3.05) is 13.6 Å². The molecule has 1 N–H and O–H groups in total. The maximum Gasteiger partial charge on any atom is 0.270 e. The van der Waals surface area contributed by atoms with Gasteiger partial charge in [0.2, 0.25) is 0 Å². The first-order valence-corrected chi connectivity index (χ1v) is 6.48. The van der Waals surface area contributed by atoms with Crippen LogP contribution in [-0.4, -0.2) is 29.4 Å². The number of hydrogen-bond acceptors (Lipinski definition) is 1. The summed E-state index contributed by atoms with van der Waals surface area (Å²) in [6.07, 6.45) is 2.14. The molecular formula is C15H20N2O. The van der Waals surface area contributed by atoms with E-state index in [2.05, 4.69) is 11.9 Å². The van der Waals surface area contributed by atoms with E-state index in [0.29, 0.717) is 0 Å². The molecule has 0 aliphatic carbocycles. The van der Waals surface area contributed by atoms with Crippen molar-refractivity contribution in [1.29, 1.82) is 0 Å². The van der Waals surface area contributed by atoms with Crippen molar-refractivity contribution in [2.45, 2.75) is 26.7 Å². The van der Waals surface area contributed by atoms with Crippen LogP contribution in [0.5, 0.6) is 0 Å². The first kappa shape index (κ1) is 12.7. The Labute approximate surface area is 108 Å². The van der Waals surface area contributed by atoms with Crippen LogP contribution in [0.15, 0.2) is 24.3 Å². The van der Waals surface area contributed by atoms with Crippen LogP contribution in [0.3, 0.4) is 0 Å². The molecule has 1 aromatic carbocycles. The van der Waals surface area contributed by atoms with E-state index in [-0.39, 0.29) is 5.91 Å². The molecule has 0 aliphatic rings. The minimum absolute atomic E-state index is 0.0807. The second-order valence-corrected chi connectivity index (χ2v) is 4.75. The number of nitrogens with zero attached hydrogens (tertiary/aromatic N) is 1. The summed E-state index contributed by atoms with van der Waals surface area (Å²) in [4.78, 5) is 17.4. The fourth-order valence-corrected chi connectivity index (χ4v) is 2.18. The number of benzene rings is 1. The molecule has 0 bridgehead atoms. The summed E-state index contributed by atoms with van der Waals surface area (Å²) in [5.74, 6) is 0.0807. The van der Waals surface area contributed by atoms with E-state index in [1.54, 1.807) is 4.90 Å². The first-order valence-electron chi connectivity index (χ1n) is 6.48. The Morgan fingerprint density at radius 3 is 2.72 bits per heavy atom. The van der Waals surface area contributed by atoms with Gasteiger partial charge in [-0.3, -0.25) is 4.79 Å². The van der Waals surface area contributed by atoms with Crippen LogP contribution in [0.4, 0.5) is 0 Å². The Hall–Kier alpha value is -1.77. The number of amides is 1. The Balaban J connectivity index is 2.30. The molecule has 1 amide bonds. The Kier molecular flexibility index (Phi) is 3.70. The van der Waals surface area contributed by atoms with Crippen molar-refractivity contribution >= 4 is 16.8 Å². The number of H-pyrrole nitrogens is 1. The lowest BCUT2D eigenvalue weighted by atomic mass is 10.1. The number of para-hydroxylation sites is 1. The van der Waals surface area contributed by atoms with Gasteiger partial charge in [-0.2, -0.15) is 0 Å². The molecule has 0 unspecified atom stereocenters. The van der Waals surface area contributed by atoms with Crippen molar-refractivity contribution in [3.8, 4) is 0 Å². The average molecular weight is 244 g/mol. The fourth-order valence-electron chi connectivity index (χ4n) is 2.18. The molecule has 2 rings (SSSR count). The lowest BCUT2D eigenvalue weighted by molar-refractivity contribution is 0.0788. The average Bonchev–Trinajstić information content (AvgIpc) is 2.73. The number of fused-ring (bicyclic) bond motifs is 1. The molecule has 0 aliphatic heterocycles. The monoisotopic (exact) mass is 244 g/mol. The van der Waals surface area contributed by atoms with Gasteiger partial charge in [0.05, 0.1) is 0 Å². The molecule has 1 aromatic heterocycles. The van der Waals surface area contributed by atoms with Gasteiger partial charge in [-0.05, 0) is 25.0 Å². The Morgan fingerprint density at radius 1 is 1.33 bits per heavy atom. The van der Waals surface area contributed by atoms with Crippen LogP contribution in [-0.2, 0) is 0 Å². The Bertz CT molecular complexity index is 557. The summed E-state index contributed by atoms with van der Waals surface area (Å²) in [5.41, 5.74) is 2.79. The van der Waals surface area contributed by atoms with E-state index in [1.807, 2.05) is 38.2 Å². The van der Waals surface area contributed by atoms with Crippen molar-refractivity contribution in [2.24, 2.45) is 0 Å². The predicted octanol–water partition coefficient (Wildman–Crippen LogP) is 3.35. The van der Waals surface area contributed by atoms with E-state index in [1.165, 1.54) is 0 Å². The minimum atomic E-state index is 0.0807. The quantitative estimate of drug-likeness (QED) is 0.879. The van der Waals surface area contributed by atoms with Crippen LogP contribution in [0.2, 0.25) is 0 Å². The van der Waals surface area contributed by atoms with Gasteiger partial charge in [-0.15, -0.1) is 0 Å². The topological polar surface area (TPSA) is 36.1 Å². The third-order valence-electron chi connectivity index (χ3n) is 3.37. The van der Waals surface area contributed by atoms with Crippen LogP contribution >= 0.6 is 0 Å². The molecule has 96 valence electrons. The molecule has 18 heavy (non-hydrogen) atoms. The highest BCUT2D eigenvalue weighted by Crippen LogP contribution is 2.22. The second-order valence-electron chi connectivity index (χ2n) is 4.75. The van der Waals surface area contributed by atoms with E-state index in [9.17, 15) is 4.79 Å². The minimum Gasteiger partial charge on any atom is -0.350 e. The van der Waals surface area contributed by atoms with Gasteiger partial charge in [0, 0.05) is 24.5 Å². The molecule has 0 atom stereocenters. The van der Waals surface area contributed by atoms with Crippen molar-refractivity contribution in [3.05, 3.63) is 35.5 Å². The van der Waals surface area contributed by atoms with Gasteiger partial charge < -0.3 is 9.88 Å². The lowest BCUT2D eigenvalue weighted by Gasteiger charge is -2.16. The molecule has 2 aromatic rings. The van der Waals surface area contributed by atoms with Crippen LogP contribution in [0.1, 0.15) is 35.8 Å². The van der Waals surface area contributed by atoms with Crippen molar-refractivity contribution < 1.29 is 4.79 Å². The number of rotatable bonds is 4. The molecule has 3 heteroatoms. The van der Waals surface area contributed by atoms with E-state index in [0.717, 1.165) is 41.5 Å². The summed E-state index contributed by atoms with van der Waals surface area (Å²) in [5, 5.41) is 1.13. The zero-order valence-corrected chi connectivity index (χ0v) is 11.3. The molecular weight excluding hydrogens is 224 g/mol. The van der Waals surface area contributed by atoms with Crippen molar-refractivity contribution in [3.63, 3.8) is 0 Å². The molecule has 0 radical (unpaired) electrons. The molecule has 1 heterocycles. The second kappa shape index (κ2) is 5.25. The number of carbonyl (C=O) groups excluding carboxylic acids is 1. The highest BCUT2D eigenvalue weighted by Gasteiger charge is 2.17. The SMILES string of the molecule is CCCCN(C)C(=O)c1[nH]c2ccccc2c1C. The maximum atomic E-state index is 12.3. The predicted molar refractivity (Wildman–Crippen MR) is 74.9 cm³/mol. The normalized spacial score (nSPS) is 10.8. The van der Waals surface area contributed by atoms with Gasteiger partial charge in [0.15, 0.2) is 0 Å². The van der Waals surface area contributed by atoms with Gasteiger partial charge in [-0.1, -0.05) is 31.5 Å². The third-order valence-corrected chi connectivity index (χ3v) is 3.37. The molecule has 0 spiro atoms. The standard InChI is InChI=1S/C15H20N2O/c1-4-5-10-17(3)15(18)14-11(2)12-8-6-7-9-13(12)16-14/h6-9,16H,4-5,10H2,1-3H3. The third kappa shape index (κ3) is 2.26. The van der Waals surface area contributed by atoms with Crippen LogP contribution in [0.25, 0.3) is 10.9 Å². The number of aromatic amines is 1. The smallest absolute Gasteiger partial charge is 0.270 e. The summed E-state index contributed by atoms with van der Waals surface area (Å²) < 4.78 is 0. The summed E-state index contributed by atoms with van der Waals surface area (Å²) in [7, 11) is 1.86. The number of unbranched alkanes of at least 4 members (excludes halogenated alkanes) is 1. The first-order chi connectivity index (χ1) is 8.65. The summed E-state index contributed by atoms with van der Waals surface area (Å²) >= 11 is 0. The van der Waals surface area contributed by atoms with E-state index in [4.69, 9.17) is 0 Å². The molecule has 0 saturated heterocycles. The Morgan fingerprint density at radius 2 is 2.06 bits per heavy atom. The van der Waals surface area contributed by atoms with E-state index < -0.39 is 0 Å². The summed E-state index contributed by atoms with van der Waals surface area (Å²) in [6, 6.07) is 8.03. The van der Waals surface area contributed by atoms with E-state index >= 15 is 0 Å². The number of aryl methyl sites for hydroxylation is 1.